The van der Waals surface area contributed by atoms with E-state index >= 15 is 0 Å². The summed E-state index contributed by atoms with van der Waals surface area (Å²) in [6.07, 6.45) is 3.95. The molecule has 2 rings (SSSR count). The third-order valence-corrected chi connectivity index (χ3v) is 3.69. The van der Waals surface area contributed by atoms with Gasteiger partial charge in [0, 0.05) is 12.6 Å². The molecule has 0 bridgehead atoms. The molecule has 0 radical (unpaired) electrons. The number of aromatic nitrogens is 2. The minimum absolute atomic E-state index is 0.128. The van der Waals surface area contributed by atoms with Crippen LogP contribution < -0.4 is 10.9 Å². The molecular weight excluding hydrogens is 286 g/mol. The van der Waals surface area contributed by atoms with Gasteiger partial charge in [-0.15, -0.1) is 0 Å². The van der Waals surface area contributed by atoms with Gasteiger partial charge in [-0.05, 0) is 35.7 Å². The van der Waals surface area contributed by atoms with Crippen LogP contribution in [-0.2, 0) is 11.3 Å². The van der Waals surface area contributed by atoms with E-state index in [4.69, 9.17) is 4.74 Å². The molecule has 5 nitrogen and oxygen atoms in total. The fraction of sp³-hybridized carbons (Fsp3) is 0.636. The lowest BCUT2D eigenvalue weighted by Gasteiger charge is -2.14. The first kappa shape index (κ1) is 12.6. The molecular formula is C11H16BrN3O2. The Morgan fingerprint density at radius 1 is 1.65 bits per heavy atom. The zero-order valence-corrected chi connectivity index (χ0v) is 11.6. The summed E-state index contributed by atoms with van der Waals surface area (Å²) in [6.45, 7) is 3.07. The summed E-state index contributed by atoms with van der Waals surface area (Å²) in [7, 11) is 1.60. The van der Waals surface area contributed by atoms with Gasteiger partial charge in [0.2, 0.25) is 0 Å². The average Bonchev–Trinajstić information content (AvgIpc) is 3.02. The van der Waals surface area contributed by atoms with Crippen molar-refractivity contribution in [3.8, 4) is 0 Å². The summed E-state index contributed by atoms with van der Waals surface area (Å²) in [5.41, 5.74) is 0.773. The topological polar surface area (TPSA) is 56.1 Å². The first-order valence-corrected chi connectivity index (χ1v) is 6.38. The fourth-order valence-electron chi connectivity index (χ4n) is 1.53. The number of rotatable bonds is 5. The average molecular weight is 302 g/mol. The Bertz CT molecular complexity index is 468. The number of ether oxygens (including phenoxy) is 1. The van der Waals surface area contributed by atoms with E-state index in [2.05, 4.69) is 33.3 Å². The van der Waals surface area contributed by atoms with Crippen LogP contribution in [0.5, 0.6) is 0 Å². The van der Waals surface area contributed by atoms with Gasteiger partial charge < -0.3 is 10.1 Å². The van der Waals surface area contributed by atoms with Gasteiger partial charge in [-0.3, -0.25) is 4.79 Å². The van der Waals surface area contributed by atoms with Gasteiger partial charge in [-0.2, -0.15) is 5.10 Å². The highest BCUT2D eigenvalue weighted by Gasteiger charge is 2.37. The maximum absolute atomic E-state index is 12.0. The predicted molar refractivity (Wildman–Crippen MR) is 69.3 cm³/mol. The minimum Gasteiger partial charge on any atom is -0.383 e. The Balaban J connectivity index is 2.19. The zero-order chi connectivity index (χ0) is 12.5. The highest BCUT2D eigenvalue weighted by atomic mass is 79.9. The summed E-state index contributed by atoms with van der Waals surface area (Å²) in [6, 6.07) is 0. The van der Waals surface area contributed by atoms with Crippen LogP contribution in [0, 0.1) is 0 Å². The molecule has 1 fully saturated rings. The summed E-state index contributed by atoms with van der Waals surface area (Å²) >= 11 is 3.33. The van der Waals surface area contributed by atoms with Gasteiger partial charge in [0.05, 0.1) is 25.0 Å². The molecule has 1 aromatic heterocycles. The molecule has 0 atom stereocenters. The molecule has 1 aliphatic carbocycles. The first-order valence-electron chi connectivity index (χ1n) is 5.58. The quantitative estimate of drug-likeness (QED) is 0.898. The lowest BCUT2D eigenvalue weighted by atomic mass is 10.3. The van der Waals surface area contributed by atoms with E-state index in [0.717, 1.165) is 18.5 Å². The molecule has 1 heterocycles. The molecule has 1 N–H and O–H groups in total. The van der Waals surface area contributed by atoms with Crippen molar-refractivity contribution in [2.24, 2.45) is 0 Å². The maximum Gasteiger partial charge on any atom is 0.283 e. The summed E-state index contributed by atoms with van der Waals surface area (Å²) < 4.78 is 6.87. The van der Waals surface area contributed by atoms with Crippen LogP contribution in [0.2, 0.25) is 0 Å². The number of halogens is 1. The van der Waals surface area contributed by atoms with Crippen LogP contribution in [0.1, 0.15) is 19.8 Å². The monoisotopic (exact) mass is 301 g/mol. The second-order valence-electron chi connectivity index (χ2n) is 4.58. The van der Waals surface area contributed by atoms with Crippen molar-refractivity contribution in [1.29, 1.82) is 0 Å². The van der Waals surface area contributed by atoms with Gasteiger partial charge in [0.15, 0.2) is 0 Å². The standard InChI is InChI=1S/C11H16BrN3O2/c1-11(3-4-11)14-8-7-13-15(5-6-17-2)10(16)9(8)12/h7,14H,3-6H2,1-2H3. The van der Waals surface area contributed by atoms with E-state index in [1.165, 1.54) is 4.68 Å². The smallest absolute Gasteiger partial charge is 0.283 e. The molecule has 94 valence electrons. The summed E-state index contributed by atoms with van der Waals surface area (Å²) in [5, 5.41) is 7.45. The second kappa shape index (κ2) is 4.78. The molecule has 0 aliphatic heterocycles. The Morgan fingerprint density at radius 3 is 2.94 bits per heavy atom. The fourth-order valence-corrected chi connectivity index (χ4v) is 1.93. The van der Waals surface area contributed by atoms with E-state index in [-0.39, 0.29) is 11.1 Å². The molecule has 17 heavy (non-hydrogen) atoms. The lowest BCUT2D eigenvalue weighted by Crippen LogP contribution is -2.27. The Hall–Kier alpha value is -0.880. The predicted octanol–water partition coefficient (Wildman–Crippen LogP) is 1.62. The molecule has 0 saturated heterocycles. The molecule has 1 aromatic rings. The van der Waals surface area contributed by atoms with Crippen LogP contribution in [0.4, 0.5) is 5.69 Å². The minimum atomic E-state index is -0.128. The van der Waals surface area contributed by atoms with Crippen LogP contribution in [-0.4, -0.2) is 29.0 Å². The molecule has 1 saturated carbocycles. The van der Waals surface area contributed by atoms with E-state index in [0.29, 0.717) is 17.6 Å². The third-order valence-electron chi connectivity index (χ3n) is 2.93. The number of nitrogens with one attached hydrogen (secondary N) is 1. The van der Waals surface area contributed by atoms with Crippen LogP contribution in [0.15, 0.2) is 15.5 Å². The second-order valence-corrected chi connectivity index (χ2v) is 5.37. The Morgan fingerprint density at radius 2 is 2.35 bits per heavy atom. The summed E-state index contributed by atoms with van der Waals surface area (Å²) in [5.74, 6) is 0. The highest BCUT2D eigenvalue weighted by Crippen LogP contribution is 2.38. The zero-order valence-electron chi connectivity index (χ0n) is 9.99. The van der Waals surface area contributed by atoms with Gasteiger partial charge in [0.25, 0.3) is 5.56 Å². The van der Waals surface area contributed by atoms with Crippen LogP contribution >= 0.6 is 15.9 Å². The SMILES string of the molecule is COCCn1ncc(NC2(C)CC2)c(Br)c1=O. The van der Waals surface area contributed by atoms with Crippen molar-refractivity contribution in [1.82, 2.24) is 9.78 Å². The van der Waals surface area contributed by atoms with Crippen molar-refractivity contribution in [2.45, 2.75) is 31.8 Å². The number of hydrogen-bond acceptors (Lipinski definition) is 4. The number of methoxy groups -OCH3 is 1. The number of nitrogens with zero attached hydrogens (tertiary/aromatic N) is 2. The van der Waals surface area contributed by atoms with Crippen molar-refractivity contribution in [2.75, 3.05) is 19.0 Å². The van der Waals surface area contributed by atoms with Crippen molar-refractivity contribution in [3.05, 3.63) is 21.0 Å². The highest BCUT2D eigenvalue weighted by molar-refractivity contribution is 9.10. The van der Waals surface area contributed by atoms with E-state index in [1.54, 1.807) is 13.3 Å². The largest absolute Gasteiger partial charge is 0.383 e. The van der Waals surface area contributed by atoms with E-state index < -0.39 is 0 Å². The third kappa shape index (κ3) is 2.87. The van der Waals surface area contributed by atoms with Crippen LogP contribution in [0.3, 0.4) is 0 Å². The van der Waals surface area contributed by atoms with Crippen molar-refractivity contribution < 1.29 is 4.74 Å². The van der Waals surface area contributed by atoms with Gasteiger partial charge >= 0.3 is 0 Å². The van der Waals surface area contributed by atoms with Crippen molar-refractivity contribution >= 4 is 21.6 Å². The Kier molecular flexibility index (Phi) is 3.53. The first-order chi connectivity index (χ1) is 8.06. The van der Waals surface area contributed by atoms with E-state index in [1.807, 2.05) is 0 Å². The molecule has 0 aromatic carbocycles. The normalized spacial score (nSPS) is 16.9. The van der Waals surface area contributed by atoms with Crippen molar-refractivity contribution in [3.63, 3.8) is 0 Å². The Labute approximate surface area is 108 Å². The summed E-state index contributed by atoms with van der Waals surface area (Å²) in [4.78, 5) is 12.0. The lowest BCUT2D eigenvalue weighted by molar-refractivity contribution is 0.181. The van der Waals surface area contributed by atoms with Crippen LogP contribution in [0.25, 0.3) is 0 Å². The van der Waals surface area contributed by atoms with Gasteiger partial charge in [-0.25, -0.2) is 4.68 Å². The molecule has 0 spiro atoms. The van der Waals surface area contributed by atoms with Gasteiger partial charge in [-0.1, -0.05) is 0 Å². The molecule has 0 amide bonds. The molecule has 1 aliphatic rings. The maximum atomic E-state index is 12.0. The number of hydrogen-bond donors (Lipinski definition) is 1. The van der Waals surface area contributed by atoms with E-state index in [9.17, 15) is 4.79 Å². The molecule has 6 heteroatoms. The molecule has 0 unspecified atom stereocenters. The number of anilines is 1. The van der Waals surface area contributed by atoms with Gasteiger partial charge in [0.1, 0.15) is 4.47 Å².